The molecule has 5 heteroatoms. The van der Waals surface area contributed by atoms with Crippen molar-refractivity contribution in [2.75, 3.05) is 0 Å². The first kappa shape index (κ1) is 12.6. The van der Waals surface area contributed by atoms with Gasteiger partial charge in [-0.15, -0.1) is 0 Å². The van der Waals surface area contributed by atoms with Crippen LogP contribution in [-0.4, -0.2) is 16.9 Å². The Morgan fingerprint density at radius 2 is 2.11 bits per heavy atom. The van der Waals surface area contributed by atoms with Crippen LogP contribution < -0.4 is 0 Å². The normalized spacial score (nSPS) is 21.3. The van der Waals surface area contributed by atoms with Crippen molar-refractivity contribution in [1.29, 1.82) is 0 Å². The fourth-order valence-corrected chi connectivity index (χ4v) is 2.37. The minimum absolute atomic E-state index is 0.0748. The lowest BCUT2D eigenvalue weighted by Crippen LogP contribution is -2.14. The molecule has 0 amide bonds. The van der Waals surface area contributed by atoms with E-state index < -0.39 is 5.92 Å². The van der Waals surface area contributed by atoms with Crippen molar-refractivity contribution < 1.29 is 14.7 Å². The molecular weight excluding hydrogens is 254 g/mol. The number of rotatable bonds is 2. The highest BCUT2D eigenvalue weighted by molar-refractivity contribution is 6.32. The van der Waals surface area contributed by atoms with E-state index in [1.54, 1.807) is 25.1 Å². The molecule has 2 rings (SSSR count). The number of ether oxygens (including phenoxy) is 1. The van der Waals surface area contributed by atoms with Gasteiger partial charge < -0.3 is 9.94 Å². The number of allylic oxidation sites excluding steroid dienone is 1. The molecule has 94 valence electrons. The van der Waals surface area contributed by atoms with Gasteiger partial charge in [-0.05, 0) is 25.5 Å². The molecule has 1 aliphatic heterocycles. The summed E-state index contributed by atoms with van der Waals surface area (Å²) in [6, 6.07) is 7.10. The predicted molar refractivity (Wildman–Crippen MR) is 67.9 cm³/mol. The lowest BCUT2D eigenvalue weighted by atomic mass is 9.89. The minimum Gasteiger partial charge on any atom is -0.443 e. The van der Waals surface area contributed by atoms with Gasteiger partial charge in [0, 0.05) is 10.6 Å². The summed E-state index contributed by atoms with van der Waals surface area (Å²) in [5.74, 6) is -0.150. The number of hydrogen-bond donors (Lipinski definition) is 1. The Bertz CT molecular complexity index is 563. The van der Waals surface area contributed by atoms with Gasteiger partial charge in [0.1, 0.15) is 5.76 Å². The van der Waals surface area contributed by atoms with Crippen LogP contribution in [0.2, 0.25) is 5.02 Å². The first-order valence-electron chi connectivity index (χ1n) is 5.42. The summed E-state index contributed by atoms with van der Waals surface area (Å²) >= 11 is 6.12. The highest BCUT2D eigenvalue weighted by atomic mass is 35.5. The Labute approximate surface area is 110 Å². The SMILES string of the molecule is CC(=O)C1=C(C)O/C(=N\O)C1c1ccccc1Cl. The number of carbonyl (C=O) groups is 1. The van der Waals surface area contributed by atoms with Crippen molar-refractivity contribution in [3.8, 4) is 0 Å². The first-order chi connectivity index (χ1) is 8.56. The van der Waals surface area contributed by atoms with E-state index in [9.17, 15) is 4.79 Å². The maximum Gasteiger partial charge on any atom is 0.243 e. The predicted octanol–water partition coefficient (Wildman–Crippen LogP) is 3.10. The van der Waals surface area contributed by atoms with Crippen LogP contribution in [-0.2, 0) is 9.53 Å². The van der Waals surface area contributed by atoms with E-state index in [1.807, 2.05) is 6.07 Å². The molecule has 1 aliphatic rings. The van der Waals surface area contributed by atoms with Crippen LogP contribution in [0.3, 0.4) is 0 Å². The van der Waals surface area contributed by atoms with Gasteiger partial charge in [-0.2, -0.15) is 0 Å². The number of hydrogen-bond acceptors (Lipinski definition) is 4. The molecule has 0 bridgehead atoms. The molecule has 1 aromatic carbocycles. The van der Waals surface area contributed by atoms with Crippen molar-refractivity contribution in [2.24, 2.45) is 5.16 Å². The van der Waals surface area contributed by atoms with Gasteiger partial charge in [0.15, 0.2) is 5.78 Å². The Balaban J connectivity index is 2.59. The molecule has 0 saturated carbocycles. The van der Waals surface area contributed by atoms with Crippen LogP contribution in [0, 0.1) is 0 Å². The second kappa shape index (κ2) is 4.82. The fourth-order valence-electron chi connectivity index (χ4n) is 2.12. The van der Waals surface area contributed by atoms with Crippen LogP contribution in [0.5, 0.6) is 0 Å². The Morgan fingerprint density at radius 1 is 1.44 bits per heavy atom. The van der Waals surface area contributed by atoms with E-state index >= 15 is 0 Å². The van der Waals surface area contributed by atoms with Gasteiger partial charge in [-0.25, -0.2) is 0 Å². The highest BCUT2D eigenvalue weighted by Gasteiger charge is 2.37. The Morgan fingerprint density at radius 3 is 2.67 bits per heavy atom. The molecular formula is C13H12ClNO3. The van der Waals surface area contributed by atoms with Crippen molar-refractivity contribution in [2.45, 2.75) is 19.8 Å². The topological polar surface area (TPSA) is 58.9 Å². The molecule has 1 aromatic rings. The molecule has 0 fully saturated rings. The third-order valence-corrected chi connectivity index (χ3v) is 3.21. The fraction of sp³-hybridized carbons (Fsp3) is 0.231. The molecule has 1 heterocycles. The van der Waals surface area contributed by atoms with Gasteiger partial charge in [-0.3, -0.25) is 4.79 Å². The molecule has 0 radical (unpaired) electrons. The quantitative estimate of drug-likeness (QED) is 0.660. The van der Waals surface area contributed by atoms with Crippen LogP contribution in [0.25, 0.3) is 0 Å². The highest BCUT2D eigenvalue weighted by Crippen LogP contribution is 2.39. The van der Waals surface area contributed by atoms with Gasteiger partial charge in [0.2, 0.25) is 5.90 Å². The molecule has 0 saturated heterocycles. The average Bonchev–Trinajstić information content (AvgIpc) is 2.66. The van der Waals surface area contributed by atoms with Crippen LogP contribution in [0.15, 0.2) is 40.8 Å². The zero-order valence-electron chi connectivity index (χ0n) is 9.98. The lowest BCUT2D eigenvalue weighted by Gasteiger charge is -2.12. The van der Waals surface area contributed by atoms with Gasteiger partial charge >= 0.3 is 0 Å². The molecule has 1 unspecified atom stereocenters. The summed E-state index contributed by atoms with van der Waals surface area (Å²) in [4.78, 5) is 11.7. The number of nitrogens with zero attached hydrogens (tertiary/aromatic N) is 1. The summed E-state index contributed by atoms with van der Waals surface area (Å²) in [6.07, 6.45) is 0. The van der Waals surface area contributed by atoms with Crippen molar-refractivity contribution >= 4 is 23.3 Å². The molecule has 1 atom stereocenters. The van der Waals surface area contributed by atoms with Crippen LogP contribution in [0.1, 0.15) is 25.3 Å². The Hall–Kier alpha value is -1.81. The largest absolute Gasteiger partial charge is 0.443 e. The minimum atomic E-state index is -0.541. The third kappa shape index (κ3) is 1.99. The summed E-state index contributed by atoms with van der Waals surface area (Å²) in [6.45, 7) is 3.12. The molecule has 1 N–H and O–H groups in total. The standard InChI is InChI=1S/C13H12ClNO3/c1-7(16)11-8(2)18-13(15-17)12(11)9-5-3-4-6-10(9)14/h3-6,12,17H,1-2H3/b15-13-. The van der Waals surface area contributed by atoms with E-state index in [1.165, 1.54) is 6.92 Å². The zero-order chi connectivity index (χ0) is 13.3. The van der Waals surface area contributed by atoms with E-state index in [4.69, 9.17) is 21.5 Å². The summed E-state index contributed by atoms with van der Waals surface area (Å²) in [5.41, 5.74) is 1.16. The van der Waals surface area contributed by atoms with Crippen LogP contribution >= 0.6 is 11.6 Å². The smallest absolute Gasteiger partial charge is 0.243 e. The lowest BCUT2D eigenvalue weighted by molar-refractivity contribution is -0.113. The molecule has 0 spiro atoms. The van der Waals surface area contributed by atoms with E-state index in [0.717, 1.165) is 0 Å². The molecule has 0 aliphatic carbocycles. The number of halogens is 1. The number of oxime groups is 1. The van der Waals surface area contributed by atoms with Gasteiger partial charge in [-0.1, -0.05) is 35.0 Å². The maximum atomic E-state index is 11.7. The monoisotopic (exact) mass is 265 g/mol. The second-order valence-electron chi connectivity index (χ2n) is 4.02. The summed E-state index contributed by atoms with van der Waals surface area (Å²) in [5, 5.41) is 12.6. The van der Waals surface area contributed by atoms with Crippen molar-refractivity contribution in [3.05, 3.63) is 46.2 Å². The van der Waals surface area contributed by atoms with Gasteiger partial charge in [0.05, 0.1) is 5.92 Å². The number of Topliss-reactive ketones (excluding diaryl/α,β-unsaturated/α-hetero) is 1. The van der Waals surface area contributed by atoms with Crippen molar-refractivity contribution in [1.82, 2.24) is 0 Å². The average molecular weight is 266 g/mol. The van der Waals surface area contributed by atoms with E-state index in [2.05, 4.69) is 5.16 Å². The van der Waals surface area contributed by atoms with Crippen LogP contribution in [0.4, 0.5) is 0 Å². The molecule has 18 heavy (non-hydrogen) atoms. The maximum absolute atomic E-state index is 11.7. The number of carbonyl (C=O) groups excluding carboxylic acids is 1. The van der Waals surface area contributed by atoms with Gasteiger partial charge in [0.25, 0.3) is 0 Å². The molecule has 4 nitrogen and oxygen atoms in total. The molecule has 0 aromatic heterocycles. The third-order valence-electron chi connectivity index (χ3n) is 2.87. The first-order valence-corrected chi connectivity index (χ1v) is 5.80. The zero-order valence-corrected chi connectivity index (χ0v) is 10.7. The van der Waals surface area contributed by atoms with Crippen molar-refractivity contribution in [3.63, 3.8) is 0 Å². The van der Waals surface area contributed by atoms with E-state index in [-0.39, 0.29) is 11.7 Å². The second-order valence-corrected chi connectivity index (χ2v) is 4.43. The number of ketones is 1. The number of benzene rings is 1. The Kier molecular flexibility index (Phi) is 3.39. The van der Waals surface area contributed by atoms with E-state index in [0.29, 0.717) is 21.9 Å². The summed E-state index contributed by atoms with van der Waals surface area (Å²) < 4.78 is 5.31. The summed E-state index contributed by atoms with van der Waals surface area (Å²) in [7, 11) is 0.